The fourth-order valence-electron chi connectivity index (χ4n) is 2.16. The molecule has 2 heteroatoms. The maximum Gasteiger partial charge on any atom is 0.327 e. The zero-order valence-corrected chi connectivity index (χ0v) is 13.2. The number of carbonyl (C=O) groups is 1. The van der Waals surface area contributed by atoms with Crippen LogP contribution in [0.25, 0.3) is 0 Å². The van der Waals surface area contributed by atoms with Crippen LogP contribution >= 0.6 is 0 Å². The molecule has 0 aliphatic carbocycles. The van der Waals surface area contributed by atoms with E-state index in [4.69, 9.17) is 5.11 Å². The molecule has 0 aromatic rings. The molecule has 0 unspecified atom stereocenters. The van der Waals surface area contributed by atoms with E-state index in [0.29, 0.717) is 0 Å². The minimum Gasteiger partial charge on any atom is -0.478 e. The van der Waals surface area contributed by atoms with E-state index in [9.17, 15) is 4.79 Å². The summed E-state index contributed by atoms with van der Waals surface area (Å²) in [6, 6.07) is 0. The fourth-order valence-corrected chi connectivity index (χ4v) is 2.16. The van der Waals surface area contributed by atoms with Gasteiger partial charge in [0.2, 0.25) is 0 Å². The predicted molar refractivity (Wildman–Crippen MR) is 87.0 cm³/mol. The lowest BCUT2D eigenvalue weighted by atomic mass is 10.1. The summed E-state index contributed by atoms with van der Waals surface area (Å²) >= 11 is 0. The van der Waals surface area contributed by atoms with Crippen molar-refractivity contribution in [3.63, 3.8) is 0 Å². The SMILES string of the molecule is CCCCCCCC/C=C\CCCCC/C=C/C(=O)O. The van der Waals surface area contributed by atoms with E-state index in [-0.39, 0.29) is 0 Å². The van der Waals surface area contributed by atoms with Crippen LogP contribution in [0.2, 0.25) is 0 Å². The van der Waals surface area contributed by atoms with Crippen molar-refractivity contribution in [1.82, 2.24) is 0 Å². The molecule has 0 amide bonds. The van der Waals surface area contributed by atoms with Gasteiger partial charge < -0.3 is 5.11 Å². The van der Waals surface area contributed by atoms with Gasteiger partial charge in [0.1, 0.15) is 0 Å². The Hall–Kier alpha value is -1.05. The number of hydrogen-bond acceptors (Lipinski definition) is 1. The average molecular weight is 280 g/mol. The van der Waals surface area contributed by atoms with Gasteiger partial charge in [0, 0.05) is 6.08 Å². The molecule has 0 aliphatic rings. The molecule has 0 rings (SSSR count). The molecule has 0 atom stereocenters. The van der Waals surface area contributed by atoms with Gasteiger partial charge in [0.05, 0.1) is 0 Å². The second kappa shape index (κ2) is 16.0. The van der Waals surface area contributed by atoms with Crippen LogP contribution < -0.4 is 0 Å². The molecular weight excluding hydrogens is 248 g/mol. The lowest BCUT2D eigenvalue weighted by Crippen LogP contribution is -1.85. The summed E-state index contributed by atoms with van der Waals surface area (Å²) in [6.07, 6.45) is 22.6. The van der Waals surface area contributed by atoms with Gasteiger partial charge in [-0.25, -0.2) is 4.79 Å². The van der Waals surface area contributed by atoms with Crippen molar-refractivity contribution < 1.29 is 9.90 Å². The van der Waals surface area contributed by atoms with Crippen LogP contribution in [0.4, 0.5) is 0 Å². The highest BCUT2D eigenvalue weighted by Gasteiger charge is 1.89. The smallest absolute Gasteiger partial charge is 0.327 e. The van der Waals surface area contributed by atoms with Gasteiger partial charge in [-0.15, -0.1) is 0 Å². The van der Waals surface area contributed by atoms with Crippen LogP contribution in [0.5, 0.6) is 0 Å². The highest BCUT2D eigenvalue weighted by molar-refractivity contribution is 5.79. The lowest BCUT2D eigenvalue weighted by Gasteiger charge is -1.98. The minimum absolute atomic E-state index is 0.845. The first-order valence-electron chi connectivity index (χ1n) is 8.31. The molecule has 0 aromatic carbocycles. The number of carboxylic acid groups (broad SMARTS) is 1. The summed E-state index contributed by atoms with van der Waals surface area (Å²) in [5.74, 6) is -0.845. The molecule has 116 valence electrons. The molecule has 0 spiro atoms. The van der Waals surface area contributed by atoms with E-state index < -0.39 is 5.97 Å². The fraction of sp³-hybridized carbons (Fsp3) is 0.722. The Morgan fingerprint density at radius 1 is 0.750 bits per heavy atom. The van der Waals surface area contributed by atoms with E-state index in [1.54, 1.807) is 6.08 Å². The first-order chi connectivity index (χ1) is 9.77. The van der Waals surface area contributed by atoms with Gasteiger partial charge in [-0.3, -0.25) is 0 Å². The quantitative estimate of drug-likeness (QED) is 0.245. The minimum atomic E-state index is -0.845. The van der Waals surface area contributed by atoms with Crippen molar-refractivity contribution in [3.05, 3.63) is 24.3 Å². The summed E-state index contributed by atoms with van der Waals surface area (Å²) in [7, 11) is 0. The first kappa shape index (κ1) is 18.9. The predicted octanol–water partition coefficient (Wildman–Crippen LogP) is 5.88. The van der Waals surface area contributed by atoms with Crippen molar-refractivity contribution in [1.29, 1.82) is 0 Å². The molecule has 0 saturated carbocycles. The molecule has 2 nitrogen and oxygen atoms in total. The molecule has 0 fully saturated rings. The molecule has 20 heavy (non-hydrogen) atoms. The molecule has 0 saturated heterocycles. The molecule has 0 heterocycles. The molecule has 0 aliphatic heterocycles. The van der Waals surface area contributed by atoms with E-state index in [1.165, 1.54) is 70.3 Å². The van der Waals surface area contributed by atoms with Crippen molar-refractivity contribution in [3.8, 4) is 0 Å². The molecule has 0 radical (unpaired) electrons. The van der Waals surface area contributed by atoms with Crippen LogP contribution in [0, 0.1) is 0 Å². The zero-order chi connectivity index (χ0) is 14.9. The van der Waals surface area contributed by atoms with Crippen LogP contribution in [0.15, 0.2) is 24.3 Å². The lowest BCUT2D eigenvalue weighted by molar-refractivity contribution is -0.131. The second-order valence-electron chi connectivity index (χ2n) is 5.41. The maximum atomic E-state index is 10.2. The summed E-state index contributed by atoms with van der Waals surface area (Å²) in [6.45, 7) is 2.26. The van der Waals surface area contributed by atoms with Gasteiger partial charge in [-0.1, -0.05) is 63.7 Å². The zero-order valence-electron chi connectivity index (χ0n) is 13.2. The van der Waals surface area contributed by atoms with Gasteiger partial charge in [0.25, 0.3) is 0 Å². The normalized spacial score (nSPS) is 11.7. The summed E-state index contributed by atoms with van der Waals surface area (Å²) in [5.41, 5.74) is 0. The molecule has 0 bridgehead atoms. The number of rotatable bonds is 14. The van der Waals surface area contributed by atoms with Crippen LogP contribution in [-0.2, 0) is 4.79 Å². The van der Waals surface area contributed by atoms with Crippen molar-refractivity contribution in [2.24, 2.45) is 0 Å². The molecule has 0 aromatic heterocycles. The Balaban J connectivity index is 3.14. The third-order valence-corrected chi connectivity index (χ3v) is 3.39. The summed E-state index contributed by atoms with van der Waals surface area (Å²) in [5, 5.41) is 8.42. The van der Waals surface area contributed by atoms with E-state index in [0.717, 1.165) is 12.8 Å². The van der Waals surface area contributed by atoms with Crippen molar-refractivity contribution in [2.75, 3.05) is 0 Å². The first-order valence-corrected chi connectivity index (χ1v) is 8.31. The van der Waals surface area contributed by atoms with Crippen molar-refractivity contribution in [2.45, 2.75) is 84.0 Å². The Labute approximate surface area is 125 Å². The maximum absolute atomic E-state index is 10.2. The summed E-state index contributed by atoms with van der Waals surface area (Å²) < 4.78 is 0. The average Bonchev–Trinajstić information content (AvgIpc) is 2.43. The van der Waals surface area contributed by atoms with Crippen LogP contribution in [0.1, 0.15) is 84.0 Å². The van der Waals surface area contributed by atoms with Crippen molar-refractivity contribution >= 4 is 5.97 Å². The van der Waals surface area contributed by atoms with Gasteiger partial charge in [-0.05, 0) is 38.5 Å². The topological polar surface area (TPSA) is 37.3 Å². The van der Waals surface area contributed by atoms with Gasteiger partial charge >= 0.3 is 5.97 Å². The largest absolute Gasteiger partial charge is 0.478 e. The third kappa shape index (κ3) is 16.9. The van der Waals surface area contributed by atoms with Crippen LogP contribution in [0.3, 0.4) is 0 Å². The highest BCUT2D eigenvalue weighted by atomic mass is 16.4. The highest BCUT2D eigenvalue weighted by Crippen LogP contribution is 2.08. The van der Waals surface area contributed by atoms with E-state index in [1.807, 2.05) is 0 Å². The number of hydrogen-bond donors (Lipinski definition) is 1. The van der Waals surface area contributed by atoms with E-state index in [2.05, 4.69) is 19.1 Å². The number of aliphatic carboxylic acids is 1. The summed E-state index contributed by atoms with van der Waals surface area (Å²) in [4.78, 5) is 10.2. The van der Waals surface area contributed by atoms with Gasteiger partial charge in [0.15, 0.2) is 0 Å². The molecule has 1 N–H and O–H groups in total. The Bertz CT molecular complexity index is 267. The van der Waals surface area contributed by atoms with Gasteiger partial charge in [-0.2, -0.15) is 0 Å². The molecular formula is C18H32O2. The standard InChI is InChI=1S/C18H32O2/c1-2-3-4-5-6-7-8-9-10-11-12-13-14-15-16-17-18(19)20/h9-10,16-17H,2-8,11-15H2,1H3,(H,19,20)/b10-9-,17-16+. The van der Waals surface area contributed by atoms with Crippen LogP contribution in [-0.4, -0.2) is 11.1 Å². The Kier molecular flexibility index (Phi) is 15.2. The second-order valence-corrected chi connectivity index (χ2v) is 5.41. The monoisotopic (exact) mass is 280 g/mol. The number of carboxylic acids is 1. The third-order valence-electron chi connectivity index (χ3n) is 3.39. The Morgan fingerprint density at radius 3 is 1.75 bits per heavy atom. The number of unbranched alkanes of at least 4 members (excludes halogenated alkanes) is 10. The number of allylic oxidation sites excluding steroid dienone is 3. The van der Waals surface area contributed by atoms with E-state index >= 15 is 0 Å². The Morgan fingerprint density at radius 2 is 1.20 bits per heavy atom.